The van der Waals surface area contributed by atoms with E-state index in [1.165, 1.54) is 102 Å². The molecule has 13 atom stereocenters. The molecule has 0 aromatic carbocycles. The maximum Gasteiger partial charge on any atom is 0.410 e. The fourth-order valence-electron chi connectivity index (χ4n) is 11.4. The number of amides is 11. The first kappa shape index (κ1) is 90.6. The Bertz CT molecular complexity index is 2710. The van der Waals surface area contributed by atoms with Gasteiger partial charge in [0.15, 0.2) is 0 Å². The Hall–Kier alpha value is -7.35. The van der Waals surface area contributed by atoms with Crippen molar-refractivity contribution in [2.75, 3.05) is 63.0 Å². The van der Waals surface area contributed by atoms with E-state index in [1.807, 2.05) is 61.5 Å². The maximum absolute atomic E-state index is 15.3. The molecule has 0 aromatic heterocycles. The molecule has 4 N–H and O–H groups in total. The van der Waals surface area contributed by atoms with Crippen molar-refractivity contribution in [2.45, 2.75) is 262 Å². The van der Waals surface area contributed by atoms with Gasteiger partial charge in [0.2, 0.25) is 59.1 Å². The molecule has 27 nitrogen and oxygen atoms in total. The van der Waals surface area contributed by atoms with Crippen LogP contribution in [0.4, 0.5) is 4.79 Å². The van der Waals surface area contributed by atoms with Gasteiger partial charge in [-0.3, -0.25) is 62.4 Å². The third-order valence-electron chi connectivity index (χ3n) is 17.5. The van der Waals surface area contributed by atoms with Crippen LogP contribution in [0.25, 0.3) is 0 Å². The molecule has 0 aliphatic carbocycles. The number of hydrogen-bond acceptors (Lipinski definition) is 16. The molecule has 0 fully saturated rings. The van der Waals surface area contributed by atoms with Crippen LogP contribution in [0, 0.1) is 41.4 Å². The minimum absolute atomic E-state index is 0.0248. The third-order valence-corrected chi connectivity index (χ3v) is 17.5. The molecule has 0 aliphatic rings. The fraction of sp³-hybridized carbons (Fsp3) is 0.789. The second kappa shape index (κ2) is 41.9. The zero-order valence-corrected chi connectivity index (χ0v) is 64.9. The number of carbonyl (C=O) groups is 13. The topological polar surface area (TPSA) is 320 Å². The Morgan fingerprint density at radius 1 is 0.469 bits per heavy atom. The molecule has 0 rings (SSSR count). The minimum Gasteiger partial charge on any atom is -0.468 e. The molecule has 1 unspecified atom stereocenters. The molecule has 0 saturated heterocycles. The van der Waals surface area contributed by atoms with Gasteiger partial charge in [0.05, 0.1) is 7.11 Å². The second-order valence-electron chi connectivity index (χ2n) is 29.5. The smallest absolute Gasteiger partial charge is 0.410 e. The van der Waals surface area contributed by atoms with Gasteiger partial charge in [-0.1, -0.05) is 116 Å². The Morgan fingerprint density at radius 3 is 1.36 bits per heavy atom. The lowest BCUT2D eigenvalue weighted by atomic mass is 9.91. The Morgan fingerprint density at radius 2 is 0.918 bits per heavy atom. The summed E-state index contributed by atoms with van der Waals surface area (Å²) in [4.78, 5) is 192. The lowest BCUT2D eigenvalue weighted by Gasteiger charge is -2.42. The van der Waals surface area contributed by atoms with E-state index in [2.05, 4.69) is 21.3 Å². The van der Waals surface area contributed by atoms with Gasteiger partial charge in [0.25, 0.3) is 0 Å². The van der Waals surface area contributed by atoms with Gasteiger partial charge in [0, 0.05) is 56.3 Å². The summed E-state index contributed by atoms with van der Waals surface area (Å²) in [5.41, 5.74) is -0.835. The van der Waals surface area contributed by atoms with Crippen LogP contribution in [-0.2, 0) is 71.7 Å². The largest absolute Gasteiger partial charge is 0.468 e. The molecule has 11 amide bonds. The number of likely N-dealkylation sites (N-methyl/N-ethyl adjacent to an activating group) is 7. The summed E-state index contributed by atoms with van der Waals surface area (Å²) in [7, 11) is 11.1. The quantitative estimate of drug-likeness (QED) is 0.0321. The third kappa shape index (κ3) is 28.1. The van der Waals surface area contributed by atoms with Crippen LogP contribution in [0.15, 0.2) is 12.2 Å². The van der Waals surface area contributed by atoms with E-state index in [0.29, 0.717) is 6.42 Å². The van der Waals surface area contributed by atoms with Crippen molar-refractivity contribution in [2.24, 2.45) is 41.4 Å². The average Bonchev–Trinajstić information content (AvgIpc) is 0.803. The lowest BCUT2D eigenvalue weighted by Crippen LogP contribution is -2.64. The van der Waals surface area contributed by atoms with Gasteiger partial charge in [-0.25, -0.2) is 4.79 Å². The number of nitrogens with one attached hydrogen (secondary N) is 4. The van der Waals surface area contributed by atoms with Crippen LogP contribution in [0.1, 0.15) is 190 Å². The van der Waals surface area contributed by atoms with E-state index in [0.717, 1.165) is 16.2 Å². The van der Waals surface area contributed by atoms with Gasteiger partial charge < -0.3 is 64.9 Å². The first-order valence-electron chi connectivity index (χ1n) is 34.7. The summed E-state index contributed by atoms with van der Waals surface area (Å²) in [6.45, 7) is 35.9. The van der Waals surface area contributed by atoms with E-state index >= 15 is 14.4 Å². The maximum atomic E-state index is 15.3. The van der Waals surface area contributed by atoms with E-state index in [9.17, 15) is 47.9 Å². The molecule has 0 bridgehead atoms. The van der Waals surface area contributed by atoms with Crippen molar-refractivity contribution >= 4 is 77.1 Å². The van der Waals surface area contributed by atoms with Crippen LogP contribution >= 0.6 is 0 Å². The molecule has 0 aromatic rings. The minimum atomic E-state index is -1.57. The SMILES string of the molecule is C/C=C/C[C@@H](C)[C@@H](OC(C)=O)[C@@H](C(=O)N[C@@H](CC)C(=O)N(C)CC(=O)OC)N(C)C(=O)[C@H](C(C)C)N(C)C(=O)[C@H](CC(C)C)N(C)C(=O)[C@H](CC(C)C)N(C)C(=O)[C@@H](C)NC(=O)[C@H](C)NC(=O)[C@H](CC(C)C)N(C)C(=O)[C@@H](NC(=O)[C@H](CC(C)CC)N(C)C(=O)OC(C)(C)C)C(C)C. The molecular formula is C71H127N11O16. The first-order chi connectivity index (χ1) is 45.1. The van der Waals surface area contributed by atoms with Crippen LogP contribution in [0.5, 0.6) is 0 Å². The summed E-state index contributed by atoms with van der Waals surface area (Å²) in [5, 5.41) is 11.0. The molecule has 0 saturated carbocycles. The van der Waals surface area contributed by atoms with E-state index in [4.69, 9.17) is 14.2 Å². The zero-order chi connectivity index (χ0) is 76.5. The van der Waals surface area contributed by atoms with Gasteiger partial charge in [-0.05, 0) is 121 Å². The van der Waals surface area contributed by atoms with Gasteiger partial charge in [0.1, 0.15) is 78.7 Å². The first-order valence-corrected chi connectivity index (χ1v) is 34.7. The number of allylic oxidation sites excluding steroid dienone is 2. The number of nitrogens with zero attached hydrogens (tertiary/aromatic N) is 7. The van der Waals surface area contributed by atoms with Crippen molar-refractivity contribution in [3.8, 4) is 0 Å². The molecule has 27 heteroatoms. The normalized spacial score (nSPS) is 15.7. The number of ether oxygens (including phenoxy) is 3. The molecule has 0 heterocycles. The number of carbonyl (C=O) groups excluding carboxylic acids is 13. The molecule has 0 radical (unpaired) electrons. The van der Waals surface area contributed by atoms with Crippen LogP contribution < -0.4 is 21.3 Å². The van der Waals surface area contributed by atoms with E-state index in [1.54, 1.807) is 75.3 Å². The highest BCUT2D eigenvalue weighted by Crippen LogP contribution is 2.27. The van der Waals surface area contributed by atoms with Crippen molar-refractivity contribution < 1.29 is 76.5 Å². The van der Waals surface area contributed by atoms with Gasteiger partial charge in [-0.2, -0.15) is 0 Å². The zero-order valence-electron chi connectivity index (χ0n) is 64.9. The van der Waals surface area contributed by atoms with Crippen LogP contribution in [-0.4, -0.2) is 247 Å². The standard InChI is InChI=1S/C71H127N11O16/c1-30-33-34-46(15)59(97-49(18)83)58(63(88)74-50(32-3)65(90)76(22)39-55(84)96-29)82(28)69(94)57(44(12)13)81(27)67(92)54(37-42(8)9)79(25)66(91)53(36-41(6)7)78(24)64(89)48(17)73-60(85)47(16)72-61(86)51(35-40(4)5)77(23)68(93)56(43(10)11)75-62(87)52(38-45(14)31-2)80(26)70(95)98-71(19,20)21/h30,33,40-48,50-54,56-59H,31-32,34-39H2,1-29H3,(H,72,86)(H,73,85)(H,74,88)(H,75,87)/b33-30+/t45?,46-,47+,48-,50+,51+,52+,53+,54+,56+,57+,58+,59-/m1/s1. The average molecular weight is 1390 g/mol. The van der Waals surface area contributed by atoms with Gasteiger partial charge in [-0.15, -0.1) is 0 Å². The predicted octanol–water partition coefficient (Wildman–Crippen LogP) is 5.80. The van der Waals surface area contributed by atoms with Crippen LogP contribution in [0.2, 0.25) is 0 Å². The van der Waals surface area contributed by atoms with Crippen molar-refractivity contribution in [1.82, 2.24) is 55.6 Å². The van der Waals surface area contributed by atoms with E-state index < -0.39 is 174 Å². The molecule has 0 aliphatic heterocycles. The Balaban J connectivity index is 7.21. The summed E-state index contributed by atoms with van der Waals surface area (Å²) in [6.07, 6.45) is 3.37. The molecular weight excluding hydrogens is 1260 g/mol. The van der Waals surface area contributed by atoms with Crippen molar-refractivity contribution in [3.05, 3.63) is 12.2 Å². The summed E-state index contributed by atoms with van der Waals surface area (Å²) in [6, 6.07) is -12.2. The monoisotopic (exact) mass is 1390 g/mol. The molecule has 98 heavy (non-hydrogen) atoms. The summed E-state index contributed by atoms with van der Waals surface area (Å²) >= 11 is 0. The number of methoxy groups -OCH3 is 1. The van der Waals surface area contributed by atoms with Crippen LogP contribution in [0.3, 0.4) is 0 Å². The Labute approximate surface area is 586 Å². The highest BCUT2D eigenvalue weighted by Gasteiger charge is 2.47. The van der Waals surface area contributed by atoms with Crippen molar-refractivity contribution in [3.63, 3.8) is 0 Å². The number of rotatable bonds is 39. The van der Waals surface area contributed by atoms with Crippen molar-refractivity contribution in [1.29, 1.82) is 0 Å². The van der Waals surface area contributed by atoms with E-state index in [-0.39, 0.29) is 55.8 Å². The fourth-order valence-corrected chi connectivity index (χ4v) is 11.4. The highest BCUT2D eigenvalue weighted by atomic mass is 16.6. The Kier molecular flexibility index (Phi) is 38.8. The number of esters is 2. The molecule has 562 valence electrons. The predicted molar refractivity (Wildman–Crippen MR) is 376 cm³/mol. The van der Waals surface area contributed by atoms with Gasteiger partial charge >= 0.3 is 18.0 Å². The lowest BCUT2D eigenvalue weighted by molar-refractivity contribution is -0.164. The summed E-state index contributed by atoms with van der Waals surface area (Å²) in [5.74, 6) is -10.4. The highest BCUT2D eigenvalue weighted by molar-refractivity contribution is 5.99. The molecule has 0 spiro atoms. The number of hydrogen-bond donors (Lipinski definition) is 4. The second-order valence-corrected chi connectivity index (χ2v) is 29.5. The summed E-state index contributed by atoms with van der Waals surface area (Å²) < 4.78 is 16.2.